The summed E-state index contributed by atoms with van der Waals surface area (Å²) in [5, 5.41) is 9.22. The van der Waals surface area contributed by atoms with Gasteiger partial charge in [0.15, 0.2) is 0 Å². The van der Waals surface area contributed by atoms with Crippen LogP contribution in [0, 0.1) is 24.2 Å². The van der Waals surface area contributed by atoms with Gasteiger partial charge in [-0.2, -0.15) is 5.26 Å². The Hall–Kier alpha value is -1.49. The predicted octanol–water partition coefficient (Wildman–Crippen LogP) is 3.49. The van der Waals surface area contributed by atoms with Gasteiger partial charge in [-0.05, 0) is 50.3 Å². The molecule has 2 heteroatoms. The Morgan fingerprint density at radius 2 is 2.18 bits per heavy atom. The quantitative estimate of drug-likeness (QED) is 0.788. The second kappa shape index (κ2) is 5.23. The van der Waals surface area contributed by atoms with Crippen molar-refractivity contribution in [3.05, 3.63) is 29.3 Å². The SMILES string of the molecule is CCN(CC1CCC1)c1ccc(C)cc1C#N. The molecule has 0 bridgehead atoms. The minimum atomic E-state index is 0.811. The molecular formula is C15H20N2. The Morgan fingerprint density at radius 1 is 1.41 bits per heavy atom. The zero-order chi connectivity index (χ0) is 12.3. The lowest BCUT2D eigenvalue weighted by Gasteiger charge is -2.33. The summed E-state index contributed by atoms with van der Waals surface area (Å²) in [5.41, 5.74) is 3.07. The molecular weight excluding hydrogens is 208 g/mol. The average Bonchev–Trinajstić information content (AvgIpc) is 2.29. The Balaban J connectivity index is 2.20. The number of benzene rings is 1. The van der Waals surface area contributed by atoms with Crippen molar-refractivity contribution in [2.24, 2.45) is 5.92 Å². The summed E-state index contributed by atoms with van der Waals surface area (Å²) in [6, 6.07) is 8.49. The van der Waals surface area contributed by atoms with Crippen molar-refractivity contribution in [1.82, 2.24) is 0 Å². The summed E-state index contributed by atoms with van der Waals surface area (Å²) in [5.74, 6) is 0.836. The molecule has 0 atom stereocenters. The van der Waals surface area contributed by atoms with Crippen molar-refractivity contribution in [1.29, 1.82) is 5.26 Å². The van der Waals surface area contributed by atoms with Gasteiger partial charge in [-0.15, -0.1) is 0 Å². The standard InChI is InChI=1S/C15H20N2/c1-3-17(11-13-5-4-6-13)15-8-7-12(2)9-14(15)10-16/h7-9,13H,3-6,11H2,1-2H3. The lowest BCUT2D eigenvalue weighted by molar-refractivity contribution is 0.318. The first kappa shape index (κ1) is 12.0. The minimum Gasteiger partial charge on any atom is -0.370 e. The van der Waals surface area contributed by atoms with E-state index in [0.717, 1.165) is 35.8 Å². The Kier molecular flexibility index (Phi) is 3.68. The molecule has 0 heterocycles. The number of anilines is 1. The van der Waals surface area contributed by atoms with Crippen molar-refractivity contribution < 1.29 is 0 Å². The van der Waals surface area contributed by atoms with Crippen LogP contribution in [0.3, 0.4) is 0 Å². The van der Waals surface area contributed by atoms with Gasteiger partial charge in [0.25, 0.3) is 0 Å². The van der Waals surface area contributed by atoms with Crippen LogP contribution in [-0.4, -0.2) is 13.1 Å². The van der Waals surface area contributed by atoms with Crippen molar-refractivity contribution in [3.8, 4) is 6.07 Å². The Bertz CT molecular complexity index is 427. The first-order chi connectivity index (χ1) is 8.24. The van der Waals surface area contributed by atoms with E-state index in [0.29, 0.717) is 0 Å². The van der Waals surface area contributed by atoms with E-state index in [-0.39, 0.29) is 0 Å². The third-order valence-corrected chi connectivity index (χ3v) is 3.70. The van der Waals surface area contributed by atoms with Gasteiger partial charge < -0.3 is 4.90 Å². The summed E-state index contributed by atoms with van der Waals surface area (Å²) in [6.07, 6.45) is 4.08. The molecule has 0 aromatic heterocycles. The normalized spacial score (nSPS) is 15.1. The second-order valence-electron chi connectivity index (χ2n) is 4.97. The van der Waals surface area contributed by atoms with Crippen LogP contribution >= 0.6 is 0 Å². The number of rotatable bonds is 4. The number of aryl methyl sites for hydroxylation is 1. The maximum absolute atomic E-state index is 9.22. The highest BCUT2D eigenvalue weighted by Crippen LogP contribution is 2.30. The van der Waals surface area contributed by atoms with Crippen LogP contribution < -0.4 is 4.90 Å². The molecule has 1 aliphatic carbocycles. The molecule has 0 spiro atoms. The van der Waals surface area contributed by atoms with Gasteiger partial charge in [-0.3, -0.25) is 0 Å². The molecule has 0 amide bonds. The fourth-order valence-corrected chi connectivity index (χ4v) is 2.40. The van der Waals surface area contributed by atoms with Crippen LogP contribution in [0.4, 0.5) is 5.69 Å². The molecule has 0 saturated heterocycles. The molecule has 0 aliphatic heterocycles. The van der Waals surface area contributed by atoms with Gasteiger partial charge in [0.1, 0.15) is 6.07 Å². The molecule has 1 fully saturated rings. The molecule has 0 N–H and O–H groups in total. The van der Waals surface area contributed by atoms with E-state index < -0.39 is 0 Å². The summed E-state index contributed by atoms with van der Waals surface area (Å²) >= 11 is 0. The molecule has 2 rings (SSSR count). The topological polar surface area (TPSA) is 27.0 Å². The highest BCUT2D eigenvalue weighted by Gasteiger charge is 2.21. The molecule has 1 aliphatic rings. The smallest absolute Gasteiger partial charge is 0.101 e. The number of hydrogen-bond acceptors (Lipinski definition) is 2. The van der Waals surface area contributed by atoms with Crippen molar-refractivity contribution in [3.63, 3.8) is 0 Å². The van der Waals surface area contributed by atoms with E-state index in [1.165, 1.54) is 19.3 Å². The fraction of sp³-hybridized carbons (Fsp3) is 0.533. The molecule has 0 unspecified atom stereocenters. The van der Waals surface area contributed by atoms with Gasteiger partial charge in [-0.1, -0.05) is 12.5 Å². The molecule has 1 aromatic rings. The zero-order valence-electron chi connectivity index (χ0n) is 10.7. The van der Waals surface area contributed by atoms with E-state index in [2.05, 4.69) is 30.0 Å². The van der Waals surface area contributed by atoms with Crippen molar-refractivity contribution >= 4 is 5.69 Å². The van der Waals surface area contributed by atoms with Gasteiger partial charge >= 0.3 is 0 Å². The fourth-order valence-electron chi connectivity index (χ4n) is 2.40. The minimum absolute atomic E-state index is 0.811. The number of nitrogens with zero attached hydrogens (tertiary/aromatic N) is 2. The van der Waals surface area contributed by atoms with Gasteiger partial charge in [-0.25, -0.2) is 0 Å². The molecule has 2 nitrogen and oxygen atoms in total. The zero-order valence-corrected chi connectivity index (χ0v) is 10.7. The first-order valence-electron chi connectivity index (χ1n) is 6.50. The lowest BCUT2D eigenvalue weighted by Crippen LogP contribution is -2.32. The van der Waals surface area contributed by atoms with Crippen LogP contribution in [0.5, 0.6) is 0 Å². The van der Waals surface area contributed by atoms with Crippen molar-refractivity contribution in [2.75, 3.05) is 18.0 Å². The van der Waals surface area contributed by atoms with Crippen LogP contribution in [0.15, 0.2) is 18.2 Å². The van der Waals surface area contributed by atoms with E-state index in [1.54, 1.807) is 0 Å². The lowest BCUT2D eigenvalue weighted by atomic mass is 9.85. The highest BCUT2D eigenvalue weighted by atomic mass is 15.1. The van der Waals surface area contributed by atoms with E-state index in [4.69, 9.17) is 0 Å². The van der Waals surface area contributed by atoms with E-state index in [9.17, 15) is 5.26 Å². The van der Waals surface area contributed by atoms with Gasteiger partial charge in [0.2, 0.25) is 0 Å². The van der Waals surface area contributed by atoms with Crippen LogP contribution in [0.25, 0.3) is 0 Å². The average molecular weight is 228 g/mol. The van der Waals surface area contributed by atoms with Crippen molar-refractivity contribution in [2.45, 2.75) is 33.1 Å². The maximum Gasteiger partial charge on any atom is 0.101 e. The van der Waals surface area contributed by atoms with Gasteiger partial charge in [0, 0.05) is 13.1 Å². The largest absolute Gasteiger partial charge is 0.370 e. The monoisotopic (exact) mass is 228 g/mol. The van der Waals surface area contributed by atoms with Crippen LogP contribution in [0.2, 0.25) is 0 Å². The molecule has 90 valence electrons. The summed E-state index contributed by atoms with van der Waals surface area (Å²) < 4.78 is 0. The summed E-state index contributed by atoms with van der Waals surface area (Å²) in [7, 11) is 0. The summed E-state index contributed by atoms with van der Waals surface area (Å²) in [4.78, 5) is 2.35. The molecule has 1 saturated carbocycles. The van der Waals surface area contributed by atoms with E-state index in [1.807, 2.05) is 13.0 Å². The molecule has 1 aromatic carbocycles. The Morgan fingerprint density at radius 3 is 2.71 bits per heavy atom. The van der Waals surface area contributed by atoms with E-state index >= 15 is 0 Å². The highest BCUT2D eigenvalue weighted by molar-refractivity contribution is 5.60. The van der Waals surface area contributed by atoms with Crippen LogP contribution in [0.1, 0.15) is 37.3 Å². The maximum atomic E-state index is 9.22. The Labute approximate surface area is 104 Å². The predicted molar refractivity (Wildman–Crippen MR) is 71.1 cm³/mol. The third kappa shape index (κ3) is 2.61. The third-order valence-electron chi connectivity index (χ3n) is 3.70. The van der Waals surface area contributed by atoms with Crippen LogP contribution in [-0.2, 0) is 0 Å². The van der Waals surface area contributed by atoms with Gasteiger partial charge in [0.05, 0.1) is 11.3 Å². The first-order valence-corrected chi connectivity index (χ1v) is 6.50. The molecule has 0 radical (unpaired) electrons. The second-order valence-corrected chi connectivity index (χ2v) is 4.97. The number of hydrogen-bond donors (Lipinski definition) is 0. The molecule has 17 heavy (non-hydrogen) atoms. The number of nitriles is 1. The summed E-state index contributed by atoms with van der Waals surface area (Å²) in [6.45, 7) is 6.29.